The molecule has 0 aromatic carbocycles. The number of ether oxygens (including phenoxy) is 5. The number of hydrogen-bond donors (Lipinski definition) is 7. The zero-order chi connectivity index (χ0) is 45.2. The molecule has 0 aromatic rings. The van der Waals surface area contributed by atoms with Crippen molar-refractivity contribution in [2.75, 3.05) is 45.3 Å². The average molecular weight is 895 g/mol. The van der Waals surface area contributed by atoms with E-state index in [4.69, 9.17) is 23.7 Å². The van der Waals surface area contributed by atoms with Gasteiger partial charge in [-0.25, -0.2) is 9.59 Å². The fourth-order valence-corrected chi connectivity index (χ4v) is 9.66. The number of urea groups is 1. The number of amides is 4. The topological polar surface area (TPSA) is 227 Å². The molecule has 0 aromatic heterocycles. The van der Waals surface area contributed by atoms with Crippen molar-refractivity contribution in [1.82, 2.24) is 21.3 Å². The number of esters is 1. The summed E-state index contributed by atoms with van der Waals surface area (Å²) in [7, 11) is 0. The number of carbonyl (C=O) groups is 4. The summed E-state index contributed by atoms with van der Waals surface area (Å²) in [5.74, 6) is 0.301. The number of epoxide rings is 1. The molecule has 3 saturated heterocycles. The van der Waals surface area contributed by atoms with Gasteiger partial charge in [0, 0.05) is 42.3 Å². The summed E-state index contributed by atoms with van der Waals surface area (Å²) >= 11 is 1.87. The monoisotopic (exact) mass is 895 g/mol. The number of allylic oxidation sites excluding steroid dienone is 3. The first kappa shape index (κ1) is 51.4. The Morgan fingerprint density at radius 3 is 2.53 bits per heavy atom. The number of aliphatic hydroxyl groups excluding tert-OH is 2. The predicted octanol–water partition coefficient (Wildman–Crippen LogP) is 4.06. The molecule has 4 amide bonds. The van der Waals surface area contributed by atoms with Crippen LogP contribution >= 0.6 is 11.8 Å². The molecule has 4 aliphatic heterocycles. The largest absolute Gasteiger partial charge is 0.457 e. The highest BCUT2D eigenvalue weighted by Crippen LogP contribution is 2.37. The standard InChI is InChI=1S/C45H74N4O12S/c1-7-34(51)31(5)42-35(59-42)25-28(2)11-10-12-29(3)41-30(4)15-16-37(45(6,56)18-17-32(50)26-39(53)61-41)60-44(55)47-20-22-58-24-23-57-21-19-46-38(52)14-9-8-13-36-40-33(27-62-36)48-43(54)49-40/h10-12,15-16,28,30-37,40-42,50-51,56H,7-9,13-14,17-27H2,1-6H3,(H,46,52)(H,47,55)(H2,48,49,54)/b11-10+,16-15+,29-12+/t28?,30?,31?,32?,33-,34?,35?,36-,37?,40-,41?,42?,45?/m0/s1. The quantitative estimate of drug-likeness (QED) is 0.0192. The summed E-state index contributed by atoms with van der Waals surface area (Å²) in [6.07, 6.45) is 10.1. The second kappa shape index (κ2) is 25.9. The van der Waals surface area contributed by atoms with Crippen LogP contribution in [0.2, 0.25) is 0 Å². The maximum absolute atomic E-state index is 12.9. The molecular formula is C45H74N4O12S. The summed E-state index contributed by atoms with van der Waals surface area (Å²) in [5.41, 5.74) is -0.770. The van der Waals surface area contributed by atoms with Crippen LogP contribution in [-0.2, 0) is 33.3 Å². The van der Waals surface area contributed by atoms with Crippen LogP contribution in [0.25, 0.3) is 0 Å². The lowest BCUT2D eigenvalue weighted by Gasteiger charge is -2.32. The van der Waals surface area contributed by atoms with Crippen molar-refractivity contribution >= 4 is 35.8 Å². The fraction of sp³-hybridized carbons (Fsp3) is 0.778. The van der Waals surface area contributed by atoms with Gasteiger partial charge in [-0.3, -0.25) is 9.59 Å². The van der Waals surface area contributed by atoms with Crippen LogP contribution in [0, 0.1) is 17.8 Å². The van der Waals surface area contributed by atoms with Crippen LogP contribution in [0.15, 0.2) is 36.0 Å². The number of nitrogens with one attached hydrogen (secondary N) is 4. The van der Waals surface area contributed by atoms with Crippen molar-refractivity contribution in [3.05, 3.63) is 36.0 Å². The molecule has 17 heteroatoms. The lowest BCUT2D eigenvalue weighted by atomic mass is 9.88. The Morgan fingerprint density at radius 2 is 1.81 bits per heavy atom. The molecule has 7 N–H and O–H groups in total. The van der Waals surface area contributed by atoms with E-state index in [1.807, 2.05) is 51.6 Å². The molecule has 4 heterocycles. The van der Waals surface area contributed by atoms with Crippen LogP contribution in [0.1, 0.15) is 99.3 Å². The Balaban J connectivity index is 1.13. The number of fused-ring (bicyclic) bond motifs is 1. The van der Waals surface area contributed by atoms with E-state index in [9.17, 15) is 34.5 Å². The van der Waals surface area contributed by atoms with E-state index in [0.29, 0.717) is 37.9 Å². The van der Waals surface area contributed by atoms with Crippen LogP contribution in [0.4, 0.5) is 9.59 Å². The third-order valence-electron chi connectivity index (χ3n) is 12.1. The molecule has 4 rings (SSSR count). The molecule has 4 aliphatic rings. The molecule has 0 aliphatic carbocycles. The van der Waals surface area contributed by atoms with Gasteiger partial charge in [0.05, 0.1) is 69.3 Å². The molecule has 0 radical (unpaired) electrons. The smallest absolute Gasteiger partial charge is 0.407 e. The predicted molar refractivity (Wildman–Crippen MR) is 236 cm³/mol. The van der Waals surface area contributed by atoms with E-state index in [2.05, 4.69) is 34.3 Å². The molecule has 0 spiro atoms. The van der Waals surface area contributed by atoms with Crippen molar-refractivity contribution in [2.24, 2.45) is 17.8 Å². The molecule has 13 atom stereocenters. The minimum Gasteiger partial charge on any atom is -0.457 e. The summed E-state index contributed by atoms with van der Waals surface area (Å²) < 4.78 is 28.5. The van der Waals surface area contributed by atoms with Crippen molar-refractivity contribution in [3.63, 3.8) is 0 Å². The highest BCUT2D eigenvalue weighted by atomic mass is 32.2. The van der Waals surface area contributed by atoms with Crippen LogP contribution < -0.4 is 21.3 Å². The highest BCUT2D eigenvalue weighted by molar-refractivity contribution is 8.00. The minimum atomic E-state index is -1.55. The maximum atomic E-state index is 12.9. The van der Waals surface area contributed by atoms with E-state index in [0.717, 1.165) is 37.0 Å². The van der Waals surface area contributed by atoms with Gasteiger partial charge < -0.3 is 60.3 Å². The van der Waals surface area contributed by atoms with Gasteiger partial charge in [0.25, 0.3) is 0 Å². The second-order valence-electron chi connectivity index (χ2n) is 17.6. The Morgan fingerprint density at radius 1 is 1.08 bits per heavy atom. The van der Waals surface area contributed by atoms with E-state index >= 15 is 0 Å². The van der Waals surface area contributed by atoms with Gasteiger partial charge in [-0.15, -0.1) is 0 Å². The zero-order valence-corrected chi connectivity index (χ0v) is 38.4. The number of aliphatic hydroxyl groups is 3. The number of alkyl carbamates (subject to hydrolysis) is 1. The van der Waals surface area contributed by atoms with Gasteiger partial charge in [-0.1, -0.05) is 58.4 Å². The van der Waals surface area contributed by atoms with Gasteiger partial charge in [0.15, 0.2) is 6.10 Å². The van der Waals surface area contributed by atoms with E-state index in [-0.39, 0.29) is 99.1 Å². The Hall–Kier alpha value is -3.19. The van der Waals surface area contributed by atoms with Crippen molar-refractivity contribution < 1.29 is 58.2 Å². The summed E-state index contributed by atoms with van der Waals surface area (Å²) in [4.78, 5) is 49.5. The zero-order valence-electron chi connectivity index (χ0n) is 37.6. The number of hydrogen-bond acceptors (Lipinski definition) is 13. The number of carbonyl (C=O) groups excluding carboxylic acids is 4. The molecular weight excluding hydrogens is 821 g/mol. The van der Waals surface area contributed by atoms with E-state index < -0.39 is 36.0 Å². The number of unbranched alkanes of at least 4 members (excludes halogenated alkanes) is 1. The molecule has 0 saturated carbocycles. The first-order valence-electron chi connectivity index (χ1n) is 22.6. The third kappa shape index (κ3) is 17.4. The Kier molecular flexibility index (Phi) is 21.5. The molecule has 0 bridgehead atoms. The normalized spacial score (nSPS) is 32.3. The van der Waals surface area contributed by atoms with Crippen molar-refractivity contribution in [1.29, 1.82) is 0 Å². The van der Waals surface area contributed by atoms with Crippen LogP contribution in [-0.4, -0.2) is 144 Å². The van der Waals surface area contributed by atoms with Gasteiger partial charge in [0.1, 0.15) is 11.7 Å². The first-order valence-corrected chi connectivity index (χ1v) is 23.6. The first-order chi connectivity index (χ1) is 29.6. The summed E-state index contributed by atoms with van der Waals surface area (Å²) in [6, 6.07) is 0.306. The lowest BCUT2D eigenvalue weighted by Crippen LogP contribution is -2.44. The Bertz CT molecular complexity index is 1530. The Labute approximate surface area is 372 Å². The van der Waals surface area contributed by atoms with Gasteiger partial charge in [0.2, 0.25) is 5.91 Å². The number of rotatable bonds is 23. The van der Waals surface area contributed by atoms with Gasteiger partial charge in [-0.05, 0) is 69.9 Å². The summed E-state index contributed by atoms with van der Waals surface area (Å²) in [6.45, 7) is 13.0. The van der Waals surface area contributed by atoms with Crippen molar-refractivity contribution in [2.45, 2.75) is 159 Å². The van der Waals surface area contributed by atoms with Crippen LogP contribution in [0.3, 0.4) is 0 Å². The van der Waals surface area contributed by atoms with Gasteiger partial charge in [-0.2, -0.15) is 11.8 Å². The lowest BCUT2D eigenvalue weighted by molar-refractivity contribution is -0.151. The minimum absolute atomic E-state index is 0.0166. The second-order valence-corrected chi connectivity index (χ2v) is 18.9. The van der Waals surface area contributed by atoms with Crippen LogP contribution in [0.5, 0.6) is 0 Å². The molecule has 352 valence electrons. The average Bonchev–Trinajstić information content (AvgIpc) is 3.74. The van der Waals surface area contributed by atoms with Crippen molar-refractivity contribution in [3.8, 4) is 0 Å². The molecule has 16 nitrogen and oxygen atoms in total. The third-order valence-corrected chi connectivity index (χ3v) is 13.6. The van der Waals surface area contributed by atoms with E-state index in [1.165, 1.54) is 6.92 Å². The van der Waals surface area contributed by atoms with E-state index in [1.54, 1.807) is 12.2 Å². The molecule has 10 unspecified atom stereocenters. The fourth-order valence-electron chi connectivity index (χ4n) is 8.12. The molecule has 62 heavy (non-hydrogen) atoms. The van der Waals surface area contributed by atoms with Gasteiger partial charge >= 0.3 is 18.1 Å². The highest BCUT2D eigenvalue weighted by Gasteiger charge is 2.45. The number of thioether (sulfide) groups is 1. The summed E-state index contributed by atoms with van der Waals surface area (Å²) in [5, 5.41) is 44.1. The SMILES string of the molecule is CCC(O)C(C)C1OC1CC(C)/C=C/C=C(\C)C1OC(=O)CC(O)CCC(C)(O)C(OC(=O)NCCOCCOCCNC(=O)CCCC[C@@H]2SC[C@@H]3NC(=O)N[C@@H]32)/C=C/C1C. The number of cyclic esters (lactones) is 1. The molecule has 3 fully saturated rings. The maximum Gasteiger partial charge on any atom is 0.407 e.